The smallest absolute Gasteiger partial charge is 0.384 e. The van der Waals surface area contributed by atoms with Gasteiger partial charge in [-0.3, -0.25) is 4.79 Å². The molecular weight excluding hydrogens is 333 g/mol. The molecule has 1 aromatic carbocycles. The van der Waals surface area contributed by atoms with E-state index in [0.717, 1.165) is 12.1 Å². The number of methoxy groups -OCH3 is 1. The first-order valence-corrected chi connectivity index (χ1v) is 7.54. The topological polar surface area (TPSA) is 50.4 Å². The van der Waals surface area contributed by atoms with Crippen LogP contribution in [0.2, 0.25) is 5.02 Å². The Labute approximate surface area is 137 Å². The zero-order chi connectivity index (χ0) is 17.1. The minimum Gasteiger partial charge on any atom is -0.384 e. The van der Waals surface area contributed by atoms with Gasteiger partial charge in [0, 0.05) is 12.8 Å². The summed E-state index contributed by atoms with van der Waals surface area (Å²) in [5.41, 5.74) is -1.64. The standard InChI is InChI=1S/C15H18ClF3N2O2/c1-23-9-14(4-6-20-7-5-14)13(22)21-10-2-3-12(16)11(8-10)15(17,18)19/h2-3,8,20H,4-7,9H2,1H3,(H,21,22). The number of hydrogen-bond donors (Lipinski definition) is 2. The van der Waals surface area contributed by atoms with Crippen LogP contribution in [-0.2, 0) is 15.7 Å². The van der Waals surface area contributed by atoms with Crippen molar-refractivity contribution in [3.8, 4) is 0 Å². The van der Waals surface area contributed by atoms with Crippen LogP contribution in [0.4, 0.5) is 18.9 Å². The van der Waals surface area contributed by atoms with Gasteiger partial charge in [-0.05, 0) is 44.1 Å². The molecular formula is C15H18ClF3N2O2. The summed E-state index contributed by atoms with van der Waals surface area (Å²) < 4.78 is 43.8. The largest absolute Gasteiger partial charge is 0.417 e. The summed E-state index contributed by atoms with van der Waals surface area (Å²) in [6.07, 6.45) is -3.45. The maximum atomic E-state index is 12.9. The SMILES string of the molecule is COCC1(C(=O)Nc2ccc(Cl)c(C(F)(F)F)c2)CCNCC1. The third-order valence-electron chi connectivity index (χ3n) is 3.99. The molecule has 128 valence electrons. The van der Waals surface area contributed by atoms with E-state index in [1.807, 2.05) is 0 Å². The van der Waals surface area contributed by atoms with E-state index in [0.29, 0.717) is 25.9 Å². The fraction of sp³-hybridized carbons (Fsp3) is 0.533. The molecule has 1 aliphatic rings. The van der Waals surface area contributed by atoms with Crippen LogP contribution in [0.1, 0.15) is 18.4 Å². The number of piperidine rings is 1. The van der Waals surface area contributed by atoms with Crippen molar-refractivity contribution in [2.75, 3.05) is 32.1 Å². The summed E-state index contributed by atoms with van der Waals surface area (Å²) in [5, 5.41) is 5.32. The lowest BCUT2D eigenvalue weighted by molar-refractivity contribution is -0.137. The molecule has 1 aliphatic heterocycles. The molecule has 4 nitrogen and oxygen atoms in total. The Balaban J connectivity index is 2.22. The number of benzene rings is 1. The molecule has 8 heteroatoms. The van der Waals surface area contributed by atoms with Crippen LogP contribution in [0.25, 0.3) is 0 Å². The lowest BCUT2D eigenvalue weighted by Crippen LogP contribution is -2.47. The summed E-state index contributed by atoms with van der Waals surface area (Å²) in [6.45, 7) is 1.54. The third kappa shape index (κ3) is 4.16. The molecule has 1 fully saturated rings. The van der Waals surface area contributed by atoms with Gasteiger partial charge in [0.05, 0.1) is 22.6 Å². The number of rotatable bonds is 4. The summed E-state index contributed by atoms with van der Waals surface area (Å²) in [4.78, 5) is 12.6. The van der Waals surface area contributed by atoms with Gasteiger partial charge < -0.3 is 15.4 Å². The van der Waals surface area contributed by atoms with E-state index in [1.165, 1.54) is 13.2 Å². The van der Waals surface area contributed by atoms with Crippen LogP contribution < -0.4 is 10.6 Å². The van der Waals surface area contributed by atoms with Gasteiger partial charge in [-0.15, -0.1) is 0 Å². The molecule has 0 aliphatic carbocycles. The number of alkyl halides is 3. The number of amides is 1. The number of nitrogens with one attached hydrogen (secondary N) is 2. The van der Waals surface area contributed by atoms with Crippen molar-refractivity contribution in [2.24, 2.45) is 5.41 Å². The minimum absolute atomic E-state index is 0.0701. The molecule has 0 aromatic heterocycles. The fourth-order valence-corrected chi connectivity index (χ4v) is 2.93. The monoisotopic (exact) mass is 350 g/mol. The molecule has 2 N–H and O–H groups in total. The molecule has 0 atom stereocenters. The number of halogens is 4. The molecule has 0 radical (unpaired) electrons. The van der Waals surface area contributed by atoms with E-state index in [2.05, 4.69) is 10.6 Å². The maximum Gasteiger partial charge on any atom is 0.417 e. The van der Waals surface area contributed by atoms with Crippen LogP contribution in [0.15, 0.2) is 18.2 Å². The van der Waals surface area contributed by atoms with Gasteiger partial charge in [-0.2, -0.15) is 13.2 Å². The maximum absolute atomic E-state index is 12.9. The molecule has 1 aromatic rings. The number of anilines is 1. The molecule has 0 spiro atoms. The van der Waals surface area contributed by atoms with Crippen LogP contribution in [0.5, 0.6) is 0 Å². The third-order valence-corrected chi connectivity index (χ3v) is 4.32. The Bertz CT molecular complexity index is 567. The molecule has 23 heavy (non-hydrogen) atoms. The van der Waals surface area contributed by atoms with Crippen LogP contribution in [-0.4, -0.2) is 32.7 Å². The number of hydrogen-bond acceptors (Lipinski definition) is 3. The normalized spacial score (nSPS) is 17.8. The highest BCUT2D eigenvalue weighted by atomic mass is 35.5. The second-order valence-corrected chi connectivity index (χ2v) is 6.02. The lowest BCUT2D eigenvalue weighted by Gasteiger charge is -2.35. The average Bonchev–Trinajstić information content (AvgIpc) is 2.49. The fourth-order valence-electron chi connectivity index (χ4n) is 2.70. The first kappa shape index (κ1) is 18.0. The van der Waals surface area contributed by atoms with E-state index in [1.54, 1.807) is 0 Å². The highest BCUT2D eigenvalue weighted by Crippen LogP contribution is 2.37. The molecule has 0 saturated carbocycles. The van der Waals surface area contributed by atoms with Gasteiger partial charge in [0.15, 0.2) is 0 Å². The number of carbonyl (C=O) groups excluding carboxylic acids is 1. The van der Waals surface area contributed by atoms with E-state index in [9.17, 15) is 18.0 Å². The Morgan fingerprint density at radius 3 is 2.61 bits per heavy atom. The van der Waals surface area contributed by atoms with E-state index in [4.69, 9.17) is 16.3 Å². The van der Waals surface area contributed by atoms with Gasteiger partial charge in [-0.1, -0.05) is 11.6 Å². The Kier molecular flexibility index (Phi) is 5.54. The second kappa shape index (κ2) is 7.07. The first-order chi connectivity index (χ1) is 10.8. The highest BCUT2D eigenvalue weighted by molar-refractivity contribution is 6.31. The van der Waals surface area contributed by atoms with Crippen LogP contribution in [0.3, 0.4) is 0 Å². The highest BCUT2D eigenvalue weighted by Gasteiger charge is 2.40. The molecule has 2 rings (SSSR count). The first-order valence-electron chi connectivity index (χ1n) is 7.16. The Morgan fingerprint density at radius 1 is 1.39 bits per heavy atom. The van der Waals surface area contributed by atoms with Gasteiger partial charge in [-0.25, -0.2) is 0 Å². The zero-order valence-corrected chi connectivity index (χ0v) is 13.4. The van der Waals surface area contributed by atoms with Gasteiger partial charge in [0.25, 0.3) is 0 Å². The van der Waals surface area contributed by atoms with E-state index >= 15 is 0 Å². The number of carbonyl (C=O) groups is 1. The average molecular weight is 351 g/mol. The van der Waals surface area contributed by atoms with Crippen molar-refractivity contribution in [3.63, 3.8) is 0 Å². The predicted octanol–water partition coefficient (Wildman–Crippen LogP) is 3.31. The quantitative estimate of drug-likeness (QED) is 0.876. The van der Waals surface area contributed by atoms with Crippen molar-refractivity contribution in [1.29, 1.82) is 0 Å². The zero-order valence-electron chi connectivity index (χ0n) is 12.6. The minimum atomic E-state index is -4.57. The van der Waals surface area contributed by atoms with E-state index < -0.39 is 22.2 Å². The van der Waals surface area contributed by atoms with Crippen molar-refractivity contribution in [2.45, 2.75) is 19.0 Å². The second-order valence-electron chi connectivity index (χ2n) is 5.61. The van der Waals surface area contributed by atoms with Crippen molar-refractivity contribution < 1.29 is 22.7 Å². The summed E-state index contributed by atoms with van der Waals surface area (Å²) >= 11 is 5.58. The molecule has 1 heterocycles. The molecule has 1 saturated heterocycles. The molecule has 1 amide bonds. The van der Waals surface area contributed by atoms with Gasteiger partial charge in [0.1, 0.15) is 0 Å². The Hall–Kier alpha value is -1.31. The summed E-state index contributed by atoms with van der Waals surface area (Å²) in [5.74, 6) is -0.337. The number of ether oxygens (including phenoxy) is 1. The van der Waals surface area contributed by atoms with Crippen molar-refractivity contribution in [3.05, 3.63) is 28.8 Å². The van der Waals surface area contributed by atoms with Gasteiger partial charge in [0.2, 0.25) is 5.91 Å². The van der Waals surface area contributed by atoms with Crippen LogP contribution >= 0.6 is 11.6 Å². The van der Waals surface area contributed by atoms with Crippen LogP contribution in [0, 0.1) is 5.41 Å². The van der Waals surface area contributed by atoms with E-state index in [-0.39, 0.29) is 18.2 Å². The lowest BCUT2D eigenvalue weighted by atomic mass is 9.78. The predicted molar refractivity (Wildman–Crippen MR) is 81.5 cm³/mol. The molecule has 0 bridgehead atoms. The summed E-state index contributed by atoms with van der Waals surface area (Å²) in [7, 11) is 1.50. The Morgan fingerprint density at radius 2 is 2.04 bits per heavy atom. The summed E-state index contributed by atoms with van der Waals surface area (Å²) in [6, 6.07) is 3.34. The van der Waals surface area contributed by atoms with Gasteiger partial charge >= 0.3 is 6.18 Å². The van der Waals surface area contributed by atoms with Crippen molar-refractivity contribution >= 4 is 23.2 Å². The van der Waals surface area contributed by atoms with Crippen molar-refractivity contribution in [1.82, 2.24) is 5.32 Å². The molecule has 0 unspecified atom stereocenters.